The zero-order chi connectivity index (χ0) is 13.8. The third kappa shape index (κ3) is 4.55. The van der Waals surface area contributed by atoms with Crippen LogP contribution in [0, 0.1) is 0 Å². The summed E-state index contributed by atoms with van der Waals surface area (Å²) < 4.78 is 21.4. The van der Waals surface area contributed by atoms with Crippen LogP contribution < -0.4 is 16.2 Å². The van der Waals surface area contributed by atoms with Crippen LogP contribution >= 0.6 is 0 Å². The van der Waals surface area contributed by atoms with Crippen molar-refractivity contribution < 1.29 is 18.3 Å². The van der Waals surface area contributed by atoms with Gasteiger partial charge in [0.25, 0.3) is 0 Å². The highest BCUT2D eigenvalue weighted by atomic mass is 32.2. The Bertz CT molecular complexity index is 543. The van der Waals surface area contributed by atoms with Gasteiger partial charge in [-0.15, -0.1) is 0 Å². The first-order valence-corrected chi connectivity index (χ1v) is 6.74. The summed E-state index contributed by atoms with van der Waals surface area (Å²) in [6, 6.07) is 1.28. The summed E-state index contributed by atoms with van der Waals surface area (Å²) in [4.78, 5) is 14.8. The number of carboxylic acids is 1. The standard InChI is InChI=1S/C9H14N4O4S/c10-6-4-7(9(14)15)8(13-5-6)12-2-1-3-18(11,16)17/h4-5H,1-3,10H2,(H,12,13)(H,14,15)(H2,11,16,17). The number of carbonyl (C=O) groups is 1. The van der Waals surface area contributed by atoms with Crippen molar-refractivity contribution >= 4 is 27.5 Å². The number of primary sulfonamides is 1. The number of sulfonamides is 1. The van der Waals surface area contributed by atoms with Crippen LogP contribution in [0.2, 0.25) is 0 Å². The predicted molar refractivity (Wildman–Crippen MR) is 66.7 cm³/mol. The monoisotopic (exact) mass is 274 g/mol. The molecule has 0 aliphatic rings. The number of aromatic carboxylic acids is 1. The second kappa shape index (κ2) is 5.65. The molecule has 18 heavy (non-hydrogen) atoms. The molecule has 0 amide bonds. The van der Waals surface area contributed by atoms with Crippen molar-refractivity contribution in [3.05, 3.63) is 17.8 Å². The number of nitrogens with two attached hydrogens (primary N) is 2. The molecule has 0 saturated heterocycles. The van der Waals surface area contributed by atoms with Gasteiger partial charge in [0, 0.05) is 6.54 Å². The number of rotatable bonds is 6. The van der Waals surface area contributed by atoms with E-state index in [1.54, 1.807) is 0 Å². The number of nitrogen functional groups attached to an aromatic ring is 1. The lowest BCUT2D eigenvalue weighted by atomic mass is 10.2. The summed E-state index contributed by atoms with van der Waals surface area (Å²) in [7, 11) is -3.51. The Morgan fingerprint density at radius 2 is 2.17 bits per heavy atom. The lowest BCUT2D eigenvalue weighted by Gasteiger charge is -2.08. The zero-order valence-corrected chi connectivity index (χ0v) is 10.3. The smallest absolute Gasteiger partial charge is 0.339 e. The Kier molecular flexibility index (Phi) is 4.45. The maximum absolute atomic E-state index is 10.9. The third-order valence-corrected chi connectivity index (χ3v) is 2.90. The van der Waals surface area contributed by atoms with Crippen LogP contribution in [0.1, 0.15) is 16.8 Å². The van der Waals surface area contributed by atoms with E-state index in [1.165, 1.54) is 12.3 Å². The average Bonchev–Trinajstić information content (AvgIpc) is 2.24. The number of aromatic nitrogens is 1. The Hall–Kier alpha value is -1.87. The normalized spacial score (nSPS) is 11.2. The Labute approximate surface area is 104 Å². The summed E-state index contributed by atoms with van der Waals surface area (Å²) in [6.45, 7) is 0.244. The summed E-state index contributed by atoms with van der Waals surface area (Å²) in [5.74, 6) is -1.20. The van der Waals surface area contributed by atoms with Crippen molar-refractivity contribution in [3.63, 3.8) is 0 Å². The third-order valence-electron chi connectivity index (χ3n) is 2.04. The van der Waals surface area contributed by atoms with Crippen LogP contribution in [0.25, 0.3) is 0 Å². The molecule has 0 unspecified atom stereocenters. The average molecular weight is 274 g/mol. The molecule has 0 bridgehead atoms. The molecule has 0 atom stereocenters. The largest absolute Gasteiger partial charge is 0.478 e. The van der Waals surface area contributed by atoms with Crippen LogP contribution in [0.3, 0.4) is 0 Å². The van der Waals surface area contributed by atoms with Crippen molar-refractivity contribution in [2.75, 3.05) is 23.3 Å². The van der Waals surface area contributed by atoms with E-state index in [9.17, 15) is 13.2 Å². The molecule has 0 fully saturated rings. The van der Waals surface area contributed by atoms with Crippen LogP contribution in [-0.2, 0) is 10.0 Å². The number of hydrogen-bond acceptors (Lipinski definition) is 6. The molecule has 9 heteroatoms. The van der Waals surface area contributed by atoms with E-state index in [0.29, 0.717) is 0 Å². The Balaban J connectivity index is 2.65. The van der Waals surface area contributed by atoms with Crippen molar-refractivity contribution in [1.82, 2.24) is 4.98 Å². The van der Waals surface area contributed by atoms with E-state index in [4.69, 9.17) is 16.0 Å². The van der Waals surface area contributed by atoms with Gasteiger partial charge in [-0.25, -0.2) is 23.3 Å². The van der Waals surface area contributed by atoms with E-state index in [0.717, 1.165) is 0 Å². The molecule has 6 N–H and O–H groups in total. The number of hydrogen-bond donors (Lipinski definition) is 4. The van der Waals surface area contributed by atoms with Crippen molar-refractivity contribution in [3.8, 4) is 0 Å². The maximum Gasteiger partial charge on any atom is 0.339 e. The first-order chi connectivity index (χ1) is 8.29. The quantitative estimate of drug-likeness (QED) is 0.508. The van der Waals surface area contributed by atoms with Gasteiger partial charge in [0.15, 0.2) is 0 Å². The van der Waals surface area contributed by atoms with Crippen molar-refractivity contribution in [2.24, 2.45) is 5.14 Å². The van der Waals surface area contributed by atoms with Crippen LogP contribution in [0.4, 0.5) is 11.5 Å². The number of anilines is 2. The first-order valence-electron chi connectivity index (χ1n) is 5.03. The van der Waals surface area contributed by atoms with Gasteiger partial charge in [-0.2, -0.15) is 0 Å². The molecular formula is C9H14N4O4S. The van der Waals surface area contributed by atoms with Gasteiger partial charge in [0.1, 0.15) is 11.4 Å². The minimum atomic E-state index is -3.51. The second-order valence-corrected chi connectivity index (χ2v) is 5.35. The molecule has 0 aliphatic carbocycles. The van der Waals surface area contributed by atoms with Gasteiger partial charge in [0.2, 0.25) is 10.0 Å². The van der Waals surface area contributed by atoms with E-state index in [2.05, 4.69) is 10.3 Å². The Morgan fingerprint density at radius 3 is 2.72 bits per heavy atom. The molecule has 1 aromatic heterocycles. The minimum Gasteiger partial charge on any atom is -0.478 e. The number of pyridine rings is 1. The van der Waals surface area contributed by atoms with E-state index in [1.807, 2.05) is 0 Å². The number of nitrogens with one attached hydrogen (secondary N) is 1. The number of nitrogens with zero attached hydrogens (tertiary/aromatic N) is 1. The highest BCUT2D eigenvalue weighted by molar-refractivity contribution is 7.89. The van der Waals surface area contributed by atoms with Crippen LogP contribution in [0.15, 0.2) is 12.3 Å². The fraction of sp³-hybridized carbons (Fsp3) is 0.333. The molecule has 0 saturated carbocycles. The van der Waals surface area contributed by atoms with Gasteiger partial charge >= 0.3 is 5.97 Å². The predicted octanol–water partition coefficient (Wildman–Crippen LogP) is -0.547. The van der Waals surface area contributed by atoms with Gasteiger partial charge in [-0.3, -0.25) is 0 Å². The summed E-state index contributed by atoms with van der Waals surface area (Å²) in [5.41, 5.74) is 5.60. The molecule has 0 spiro atoms. The molecule has 1 heterocycles. The molecule has 1 aromatic rings. The Morgan fingerprint density at radius 1 is 1.50 bits per heavy atom. The fourth-order valence-electron chi connectivity index (χ4n) is 1.26. The molecule has 100 valence electrons. The molecule has 1 rings (SSSR count). The van der Waals surface area contributed by atoms with Crippen molar-refractivity contribution in [1.29, 1.82) is 0 Å². The molecular weight excluding hydrogens is 260 g/mol. The zero-order valence-electron chi connectivity index (χ0n) is 9.46. The lowest BCUT2D eigenvalue weighted by Crippen LogP contribution is -2.19. The van der Waals surface area contributed by atoms with Gasteiger partial charge < -0.3 is 16.2 Å². The summed E-state index contributed by atoms with van der Waals surface area (Å²) in [6.07, 6.45) is 1.57. The lowest BCUT2D eigenvalue weighted by molar-refractivity contribution is 0.0697. The second-order valence-electron chi connectivity index (χ2n) is 3.62. The molecule has 8 nitrogen and oxygen atoms in total. The topological polar surface area (TPSA) is 148 Å². The highest BCUT2D eigenvalue weighted by Gasteiger charge is 2.11. The molecule has 0 radical (unpaired) electrons. The summed E-state index contributed by atoms with van der Waals surface area (Å²) >= 11 is 0. The van der Waals surface area contributed by atoms with E-state index >= 15 is 0 Å². The minimum absolute atomic E-state index is 0.0643. The van der Waals surface area contributed by atoms with Gasteiger partial charge in [-0.1, -0.05) is 0 Å². The van der Waals surface area contributed by atoms with Crippen LogP contribution in [-0.4, -0.2) is 36.8 Å². The SMILES string of the molecule is Nc1cnc(NCCCS(N)(=O)=O)c(C(=O)O)c1. The molecule has 0 aliphatic heterocycles. The van der Waals surface area contributed by atoms with E-state index in [-0.39, 0.29) is 35.8 Å². The summed E-state index contributed by atoms with van der Waals surface area (Å²) in [5, 5.41) is 16.5. The molecule has 0 aromatic carbocycles. The van der Waals surface area contributed by atoms with Crippen LogP contribution in [0.5, 0.6) is 0 Å². The van der Waals surface area contributed by atoms with Gasteiger partial charge in [0.05, 0.1) is 17.6 Å². The van der Waals surface area contributed by atoms with E-state index < -0.39 is 16.0 Å². The van der Waals surface area contributed by atoms with Crippen molar-refractivity contribution in [2.45, 2.75) is 6.42 Å². The first kappa shape index (κ1) is 14.2. The number of carboxylic acid groups (broad SMARTS) is 1. The highest BCUT2D eigenvalue weighted by Crippen LogP contribution is 2.15. The fourth-order valence-corrected chi connectivity index (χ4v) is 1.81. The van der Waals surface area contributed by atoms with Gasteiger partial charge in [-0.05, 0) is 12.5 Å². The maximum atomic E-state index is 10.9.